The van der Waals surface area contributed by atoms with Crippen LogP contribution >= 0.6 is 22.9 Å². The van der Waals surface area contributed by atoms with Crippen molar-refractivity contribution in [3.8, 4) is 22.6 Å². The van der Waals surface area contributed by atoms with Gasteiger partial charge in [-0.2, -0.15) is 4.98 Å². The topological polar surface area (TPSA) is 51.8 Å². The summed E-state index contributed by atoms with van der Waals surface area (Å²) in [4.78, 5) is 8.94. The molecular formula is C18H11ClFN3OS. The van der Waals surface area contributed by atoms with Crippen LogP contribution in [0.4, 0.5) is 4.39 Å². The monoisotopic (exact) mass is 371 g/mol. The minimum Gasteiger partial charge on any atom is -0.339 e. The van der Waals surface area contributed by atoms with E-state index < -0.39 is 0 Å². The van der Waals surface area contributed by atoms with E-state index in [1.807, 2.05) is 29.6 Å². The second-order valence-corrected chi connectivity index (χ2v) is 6.71. The standard InChI is InChI=1S/C18H11ClFN3OS/c19-13-3-1-2-12(8-13)15-10-25-17(21-15)9-16-22-18(23-24-16)11-4-6-14(20)7-5-11/h1-8,10H,9H2. The number of aromatic nitrogens is 3. The molecule has 0 atom stereocenters. The Morgan fingerprint density at radius 3 is 2.68 bits per heavy atom. The maximum atomic E-state index is 13.0. The largest absolute Gasteiger partial charge is 0.339 e. The highest BCUT2D eigenvalue weighted by Gasteiger charge is 2.12. The first-order valence-corrected chi connectivity index (χ1v) is 8.72. The van der Waals surface area contributed by atoms with Gasteiger partial charge < -0.3 is 4.52 Å². The van der Waals surface area contributed by atoms with Crippen molar-refractivity contribution in [3.63, 3.8) is 0 Å². The highest BCUT2D eigenvalue weighted by atomic mass is 35.5. The molecule has 0 spiro atoms. The highest BCUT2D eigenvalue weighted by molar-refractivity contribution is 7.10. The number of thiazole rings is 1. The van der Waals surface area contributed by atoms with Gasteiger partial charge >= 0.3 is 0 Å². The molecule has 0 unspecified atom stereocenters. The third-order valence-corrected chi connectivity index (χ3v) is 4.63. The van der Waals surface area contributed by atoms with Gasteiger partial charge in [0.15, 0.2) is 0 Å². The van der Waals surface area contributed by atoms with Crippen LogP contribution in [0.25, 0.3) is 22.6 Å². The molecule has 2 aromatic carbocycles. The third-order valence-electron chi connectivity index (χ3n) is 3.55. The van der Waals surface area contributed by atoms with Gasteiger partial charge in [-0.1, -0.05) is 28.9 Å². The minimum absolute atomic E-state index is 0.302. The first kappa shape index (κ1) is 15.9. The molecule has 2 aromatic heterocycles. The normalized spacial score (nSPS) is 11.0. The lowest BCUT2D eigenvalue weighted by Crippen LogP contribution is -1.88. The molecule has 0 aliphatic heterocycles. The zero-order valence-corrected chi connectivity index (χ0v) is 14.4. The lowest BCUT2D eigenvalue weighted by atomic mass is 10.2. The van der Waals surface area contributed by atoms with Crippen molar-refractivity contribution in [3.05, 3.63) is 75.6 Å². The van der Waals surface area contributed by atoms with E-state index in [-0.39, 0.29) is 5.82 Å². The Kier molecular flexibility index (Phi) is 4.29. The molecule has 7 heteroatoms. The Morgan fingerprint density at radius 2 is 1.88 bits per heavy atom. The molecule has 0 fully saturated rings. The molecule has 25 heavy (non-hydrogen) atoms. The van der Waals surface area contributed by atoms with Gasteiger partial charge in [-0.25, -0.2) is 9.37 Å². The average Bonchev–Trinajstić information content (AvgIpc) is 3.26. The lowest BCUT2D eigenvalue weighted by Gasteiger charge is -1.96. The van der Waals surface area contributed by atoms with Gasteiger partial charge in [0.2, 0.25) is 11.7 Å². The summed E-state index contributed by atoms with van der Waals surface area (Å²) in [5, 5.41) is 7.45. The maximum Gasteiger partial charge on any atom is 0.233 e. The van der Waals surface area contributed by atoms with Gasteiger partial charge in [-0.3, -0.25) is 0 Å². The van der Waals surface area contributed by atoms with Crippen LogP contribution < -0.4 is 0 Å². The molecule has 0 bridgehead atoms. The summed E-state index contributed by atoms with van der Waals surface area (Å²) < 4.78 is 18.3. The van der Waals surface area contributed by atoms with Gasteiger partial charge in [0.1, 0.15) is 10.8 Å². The summed E-state index contributed by atoms with van der Waals surface area (Å²) in [6, 6.07) is 13.5. The predicted octanol–water partition coefficient (Wildman–Crippen LogP) is 5.24. The molecule has 2 heterocycles. The van der Waals surface area contributed by atoms with Crippen LogP contribution in [0.3, 0.4) is 0 Å². The summed E-state index contributed by atoms with van der Waals surface area (Å²) in [6.07, 6.45) is 0.444. The van der Waals surface area contributed by atoms with Gasteiger partial charge in [0.25, 0.3) is 0 Å². The molecule has 0 saturated heterocycles. The van der Waals surface area contributed by atoms with Crippen LogP contribution in [0.5, 0.6) is 0 Å². The van der Waals surface area contributed by atoms with Gasteiger partial charge in [-0.05, 0) is 36.4 Å². The van der Waals surface area contributed by atoms with Crippen LogP contribution in [0, 0.1) is 5.82 Å². The number of nitrogens with zero attached hydrogens (tertiary/aromatic N) is 3. The second kappa shape index (κ2) is 6.74. The van der Waals surface area contributed by atoms with E-state index in [0.717, 1.165) is 16.3 Å². The van der Waals surface area contributed by atoms with E-state index >= 15 is 0 Å². The number of benzene rings is 2. The fourth-order valence-electron chi connectivity index (χ4n) is 2.34. The van der Waals surface area contributed by atoms with Gasteiger partial charge in [0, 0.05) is 21.5 Å². The van der Waals surface area contributed by atoms with Crippen molar-refractivity contribution >= 4 is 22.9 Å². The molecule has 0 aliphatic rings. The van der Waals surface area contributed by atoms with Crippen LogP contribution in [-0.2, 0) is 6.42 Å². The van der Waals surface area contributed by atoms with Crippen LogP contribution in [0.2, 0.25) is 5.02 Å². The Morgan fingerprint density at radius 1 is 1.04 bits per heavy atom. The molecular weight excluding hydrogens is 361 g/mol. The van der Waals surface area contributed by atoms with Crippen molar-refractivity contribution in [2.45, 2.75) is 6.42 Å². The number of halogens is 2. The number of rotatable bonds is 4. The lowest BCUT2D eigenvalue weighted by molar-refractivity contribution is 0.385. The molecule has 0 radical (unpaired) electrons. The number of hydrogen-bond donors (Lipinski definition) is 0. The summed E-state index contributed by atoms with van der Waals surface area (Å²) >= 11 is 7.54. The Hall–Kier alpha value is -2.57. The highest BCUT2D eigenvalue weighted by Crippen LogP contribution is 2.26. The summed E-state index contributed by atoms with van der Waals surface area (Å²) in [7, 11) is 0. The van der Waals surface area contributed by atoms with Crippen LogP contribution in [-0.4, -0.2) is 15.1 Å². The Labute approximate surface area is 151 Å². The Bertz CT molecular complexity index is 1010. The van der Waals surface area contributed by atoms with Crippen molar-refractivity contribution in [2.75, 3.05) is 0 Å². The number of hydrogen-bond acceptors (Lipinski definition) is 5. The van der Waals surface area contributed by atoms with Gasteiger partial charge in [0.05, 0.1) is 12.1 Å². The molecule has 0 N–H and O–H groups in total. The molecule has 124 valence electrons. The summed E-state index contributed by atoms with van der Waals surface area (Å²) in [6.45, 7) is 0. The van der Waals surface area contributed by atoms with Gasteiger partial charge in [-0.15, -0.1) is 11.3 Å². The van der Waals surface area contributed by atoms with Crippen LogP contribution in [0.15, 0.2) is 58.4 Å². The van der Waals surface area contributed by atoms with Crippen molar-refractivity contribution in [2.24, 2.45) is 0 Å². The van der Waals surface area contributed by atoms with Crippen molar-refractivity contribution < 1.29 is 8.91 Å². The molecule has 4 nitrogen and oxygen atoms in total. The minimum atomic E-state index is -0.302. The first-order chi connectivity index (χ1) is 12.2. The zero-order valence-electron chi connectivity index (χ0n) is 12.8. The van der Waals surface area contributed by atoms with E-state index in [1.54, 1.807) is 12.1 Å². The molecule has 0 amide bonds. The fourth-order valence-corrected chi connectivity index (χ4v) is 3.33. The molecule has 0 aliphatic carbocycles. The zero-order chi connectivity index (χ0) is 17.2. The Balaban J connectivity index is 1.52. The first-order valence-electron chi connectivity index (χ1n) is 7.46. The fraction of sp³-hybridized carbons (Fsp3) is 0.0556. The van der Waals surface area contributed by atoms with E-state index in [4.69, 9.17) is 16.1 Å². The second-order valence-electron chi connectivity index (χ2n) is 5.33. The van der Waals surface area contributed by atoms with E-state index in [0.29, 0.717) is 28.7 Å². The van der Waals surface area contributed by atoms with Crippen LogP contribution in [0.1, 0.15) is 10.9 Å². The van der Waals surface area contributed by atoms with Crippen molar-refractivity contribution in [1.82, 2.24) is 15.1 Å². The molecule has 0 saturated carbocycles. The van der Waals surface area contributed by atoms with E-state index in [2.05, 4.69) is 15.1 Å². The predicted molar refractivity (Wildman–Crippen MR) is 95.1 cm³/mol. The van der Waals surface area contributed by atoms with E-state index in [1.165, 1.54) is 23.5 Å². The SMILES string of the molecule is Fc1ccc(-c2noc(Cc3nc(-c4cccc(Cl)c4)cs3)n2)cc1. The third kappa shape index (κ3) is 3.60. The molecule has 4 rings (SSSR count). The smallest absolute Gasteiger partial charge is 0.233 e. The quantitative estimate of drug-likeness (QED) is 0.492. The maximum absolute atomic E-state index is 13.0. The summed E-state index contributed by atoms with van der Waals surface area (Å²) in [5.41, 5.74) is 2.53. The summed E-state index contributed by atoms with van der Waals surface area (Å²) in [5.74, 6) is 0.594. The molecule has 4 aromatic rings. The van der Waals surface area contributed by atoms with E-state index in [9.17, 15) is 4.39 Å². The average molecular weight is 372 g/mol. The van der Waals surface area contributed by atoms with Crippen molar-refractivity contribution in [1.29, 1.82) is 0 Å².